The summed E-state index contributed by atoms with van der Waals surface area (Å²) in [5.74, 6) is 0.715. The Labute approximate surface area is 162 Å². The van der Waals surface area contributed by atoms with Crippen LogP contribution in [0.2, 0.25) is 0 Å². The molecule has 0 saturated heterocycles. The quantitative estimate of drug-likeness (QED) is 0.363. The predicted octanol–water partition coefficient (Wildman–Crippen LogP) is 2.99. The molecule has 0 heterocycles. The summed E-state index contributed by atoms with van der Waals surface area (Å²) >= 11 is 0. The van der Waals surface area contributed by atoms with Gasteiger partial charge in [-0.1, -0.05) is 48.5 Å². The minimum absolute atomic E-state index is 0.0695. The Morgan fingerprint density at radius 1 is 1.00 bits per heavy atom. The first-order chi connectivity index (χ1) is 13.2. The van der Waals surface area contributed by atoms with Gasteiger partial charge in [0, 0.05) is 24.7 Å². The second-order valence-corrected chi connectivity index (χ2v) is 6.45. The first-order valence-corrected chi connectivity index (χ1v) is 9.61. The molecule has 3 N–H and O–H groups in total. The van der Waals surface area contributed by atoms with Crippen LogP contribution in [0.1, 0.15) is 36.2 Å². The number of hydrogen-bond acceptors (Lipinski definition) is 2. The van der Waals surface area contributed by atoms with Crippen LogP contribution in [0.3, 0.4) is 0 Å². The highest BCUT2D eigenvalue weighted by molar-refractivity contribution is 5.94. The Hall–Kier alpha value is -2.82. The highest BCUT2D eigenvalue weighted by atomic mass is 16.1. The molecule has 144 valence electrons. The molecule has 0 saturated carbocycles. The van der Waals surface area contributed by atoms with E-state index in [0.29, 0.717) is 24.7 Å². The van der Waals surface area contributed by atoms with Crippen LogP contribution in [0.4, 0.5) is 0 Å². The summed E-state index contributed by atoms with van der Waals surface area (Å²) in [6, 6.07) is 20.0. The Kier molecular flexibility index (Phi) is 8.90. The number of guanidine groups is 1. The van der Waals surface area contributed by atoms with Gasteiger partial charge in [0.15, 0.2) is 5.96 Å². The fourth-order valence-electron chi connectivity index (χ4n) is 2.68. The zero-order valence-electron chi connectivity index (χ0n) is 16.2. The van der Waals surface area contributed by atoms with E-state index in [1.807, 2.05) is 31.2 Å². The number of nitrogens with zero attached hydrogens (tertiary/aromatic N) is 1. The Bertz CT molecular complexity index is 701. The maximum Gasteiger partial charge on any atom is 0.251 e. The van der Waals surface area contributed by atoms with Crippen molar-refractivity contribution in [2.75, 3.05) is 19.6 Å². The van der Waals surface area contributed by atoms with Crippen molar-refractivity contribution in [2.45, 2.75) is 32.7 Å². The summed E-state index contributed by atoms with van der Waals surface area (Å²) in [6.45, 7) is 6.03. The van der Waals surface area contributed by atoms with Gasteiger partial charge in [-0.25, -0.2) is 0 Å². The molecular weight excluding hydrogens is 336 g/mol. The van der Waals surface area contributed by atoms with E-state index < -0.39 is 0 Å². The van der Waals surface area contributed by atoms with Crippen LogP contribution in [-0.4, -0.2) is 37.5 Å². The van der Waals surface area contributed by atoms with Gasteiger partial charge in [0.05, 0.1) is 6.54 Å². The van der Waals surface area contributed by atoms with E-state index in [0.717, 1.165) is 25.3 Å². The number of aryl methyl sites for hydroxylation is 1. The first kappa shape index (κ1) is 20.5. The van der Waals surface area contributed by atoms with Crippen molar-refractivity contribution in [3.05, 3.63) is 71.8 Å². The molecule has 0 spiro atoms. The highest BCUT2D eigenvalue weighted by Gasteiger charge is 2.06. The third-order valence-corrected chi connectivity index (χ3v) is 4.14. The van der Waals surface area contributed by atoms with Crippen molar-refractivity contribution in [3.8, 4) is 0 Å². The van der Waals surface area contributed by atoms with Crippen molar-refractivity contribution in [2.24, 2.45) is 4.99 Å². The second-order valence-electron chi connectivity index (χ2n) is 6.45. The van der Waals surface area contributed by atoms with Crippen molar-refractivity contribution >= 4 is 11.9 Å². The molecule has 0 bridgehead atoms. The third-order valence-electron chi connectivity index (χ3n) is 4.14. The molecule has 2 aromatic rings. The minimum Gasteiger partial charge on any atom is -0.357 e. The molecule has 0 aromatic heterocycles. The summed E-state index contributed by atoms with van der Waals surface area (Å²) < 4.78 is 0. The van der Waals surface area contributed by atoms with Crippen molar-refractivity contribution in [1.29, 1.82) is 0 Å². The van der Waals surface area contributed by atoms with Crippen LogP contribution >= 0.6 is 0 Å². The summed E-state index contributed by atoms with van der Waals surface area (Å²) in [7, 11) is 0. The normalized spacial score (nSPS) is 12.3. The fourth-order valence-corrected chi connectivity index (χ4v) is 2.68. The summed E-state index contributed by atoms with van der Waals surface area (Å²) in [5.41, 5.74) is 2.01. The Balaban J connectivity index is 1.75. The van der Waals surface area contributed by atoms with E-state index in [4.69, 9.17) is 0 Å². The van der Waals surface area contributed by atoms with Crippen molar-refractivity contribution < 1.29 is 4.79 Å². The minimum atomic E-state index is -0.0695. The summed E-state index contributed by atoms with van der Waals surface area (Å²) in [5, 5.41) is 9.59. The average molecular weight is 367 g/mol. The second kappa shape index (κ2) is 11.7. The van der Waals surface area contributed by atoms with Crippen LogP contribution in [0.15, 0.2) is 65.7 Å². The molecule has 27 heavy (non-hydrogen) atoms. The zero-order valence-corrected chi connectivity index (χ0v) is 16.2. The zero-order chi connectivity index (χ0) is 19.3. The monoisotopic (exact) mass is 366 g/mol. The molecule has 0 radical (unpaired) electrons. The molecule has 0 fully saturated rings. The van der Waals surface area contributed by atoms with Gasteiger partial charge in [-0.3, -0.25) is 9.79 Å². The lowest BCUT2D eigenvalue weighted by atomic mass is 10.1. The van der Waals surface area contributed by atoms with E-state index in [2.05, 4.69) is 52.1 Å². The van der Waals surface area contributed by atoms with Gasteiger partial charge in [-0.2, -0.15) is 0 Å². The van der Waals surface area contributed by atoms with Gasteiger partial charge >= 0.3 is 0 Å². The lowest BCUT2D eigenvalue weighted by Gasteiger charge is -2.18. The average Bonchev–Trinajstić information content (AvgIpc) is 2.71. The molecule has 1 unspecified atom stereocenters. The van der Waals surface area contributed by atoms with Gasteiger partial charge in [0.25, 0.3) is 5.91 Å². The number of benzene rings is 2. The maximum absolute atomic E-state index is 12.0. The maximum atomic E-state index is 12.0. The summed E-state index contributed by atoms with van der Waals surface area (Å²) in [6.07, 6.45) is 2.06. The van der Waals surface area contributed by atoms with Crippen LogP contribution in [0.25, 0.3) is 0 Å². The van der Waals surface area contributed by atoms with E-state index in [1.165, 1.54) is 5.56 Å². The molecule has 1 amide bonds. The molecule has 0 aliphatic carbocycles. The molecule has 1 atom stereocenters. The van der Waals surface area contributed by atoms with Crippen LogP contribution in [0.5, 0.6) is 0 Å². The van der Waals surface area contributed by atoms with E-state index in [-0.39, 0.29) is 5.91 Å². The lowest BCUT2D eigenvalue weighted by Crippen LogP contribution is -2.42. The number of carbonyl (C=O) groups is 1. The molecule has 5 nitrogen and oxygen atoms in total. The molecule has 2 rings (SSSR count). The molecule has 0 aliphatic rings. The van der Waals surface area contributed by atoms with Crippen molar-refractivity contribution in [1.82, 2.24) is 16.0 Å². The molecule has 2 aromatic carbocycles. The topological polar surface area (TPSA) is 65.5 Å². The van der Waals surface area contributed by atoms with Crippen molar-refractivity contribution in [3.63, 3.8) is 0 Å². The first-order valence-electron chi connectivity index (χ1n) is 9.61. The van der Waals surface area contributed by atoms with Gasteiger partial charge in [-0.15, -0.1) is 0 Å². The highest BCUT2D eigenvalue weighted by Crippen LogP contribution is 2.04. The Morgan fingerprint density at radius 3 is 2.33 bits per heavy atom. The third kappa shape index (κ3) is 7.94. The molecule has 0 aliphatic heterocycles. The molecular formula is C22H30N4O. The van der Waals surface area contributed by atoms with E-state index in [9.17, 15) is 4.79 Å². The van der Waals surface area contributed by atoms with Crippen LogP contribution in [-0.2, 0) is 6.42 Å². The standard InChI is InChI=1S/C22H30N4O/c1-3-23-22(26-18(2)14-15-19-10-6-4-7-11-19)25-17-16-24-21(27)20-12-8-5-9-13-20/h4-13,18H,3,14-17H2,1-2H3,(H,24,27)(H2,23,25,26). The number of carbonyl (C=O) groups excluding carboxylic acids is 1. The predicted molar refractivity (Wildman–Crippen MR) is 112 cm³/mol. The number of aliphatic imine (C=N–C) groups is 1. The SMILES string of the molecule is CCNC(=NCCNC(=O)c1ccccc1)NC(C)CCc1ccccc1. The van der Waals surface area contributed by atoms with Gasteiger partial charge < -0.3 is 16.0 Å². The molecule has 5 heteroatoms. The summed E-state index contributed by atoms with van der Waals surface area (Å²) in [4.78, 5) is 16.6. The van der Waals surface area contributed by atoms with E-state index >= 15 is 0 Å². The number of hydrogen-bond donors (Lipinski definition) is 3. The Morgan fingerprint density at radius 2 is 1.67 bits per heavy atom. The number of rotatable bonds is 9. The van der Waals surface area contributed by atoms with Gasteiger partial charge in [0.1, 0.15) is 0 Å². The van der Waals surface area contributed by atoms with Crippen LogP contribution in [0, 0.1) is 0 Å². The van der Waals surface area contributed by atoms with Gasteiger partial charge in [0.2, 0.25) is 0 Å². The fraction of sp³-hybridized carbons (Fsp3) is 0.364. The number of amides is 1. The lowest BCUT2D eigenvalue weighted by molar-refractivity contribution is 0.0955. The largest absolute Gasteiger partial charge is 0.357 e. The van der Waals surface area contributed by atoms with Crippen LogP contribution < -0.4 is 16.0 Å². The smallest absolute Gasteiger partial charge is 0.251 e. The van der Waals surface area contributed by atoms with Gasteiger partial charge in [-0.05, 0) is 44.4 Å². The number of nitrogens with one attached hydrogen (secondary N) is 3. The van der Waals surface area contributed by atoms with E-state index in [1.54, 1.807) is 12.1 Å².